The molecule has 5 rings (SSSR count). The van der Waals surface area contributed by atoms with Gasteiger partial charge in [-0.25, -0.2) is 0 Å². The highest BCUT2D eigenvalue weighted by Gasteiger charge is 2.23. The van der Waals surface area contributed by atoms with Gasteiger partial charge >= 0.3 is 0 Å². The van der Waals surface area contributed by atoms with Crippen molar-refractivity contribution in [1.29, 1.82) is 0 Å². The molecule has 0 saturated carbocycles. The molecule has 0 unspecified atom stereocenters. The lowest BCUT2D eigenvalue weighted by Crippen LogP contribution is -2.48. The Kier molecular flexibility index (Phi) is 6.32. The Balaban J connectivity index is 1.14. The van der Waals surface area contributed by atoms with Crippen molar-refractivity contribution >= 4 is 16.8 Å². The summed E-state index contributed by atoms with van der Waals surface area (Å²) < 4.78 is 11.4. The van der Waals surface area contributed by atoms with Gasteiger partial charge in [0.25, 0.3) is 5.91 Å². The van der Waals surface area contributed by atoms with Gasteiger partial charge in [0.1, 0.15) is 12.4 Å². The van der Waals surface area contributed by atoms with E-state index in [-0.39, 0.29) is 12.0 Å². The smallest absolute Gasteiger partial charge is 0.253 e. The number of carbonyl (C=O) groups excluding carboxylic acids is 1. The highest BCUT2D eigenvalue weighted by molar-refractivity contribution is 5.94. The van der Waals surface area contributed by atoms with Crippen LogP contribution in [0.25, 0.3) is 10.9 Å². The van der Waals surface area contributed by atoms with Crippen LogP contribution in [0.2, 0.25) is 0 Å². The predicted molar refractivity (Wildman–Crippen MR) is 124 cm³/mol. The summed E-state index contributed by atoms with van der Waals surface area (Å²) in [6.45, 7) is 5.43. The lowest BCUT2D eigenvalue weighted by Gasteiger charge is -2.35. The molecule has 1 aromatic heterocycles. The van der Waals surface area contributed by atoms with Crippen LogP contribution in [-0.4, -0.2) is 66.2 Å². The third kappa shape index (κ3) is 4.76. The van der Waals surface area contributed by atoms with E-state index in [1.165, 1.54) is 10.9 Å². The molecule has 0 aliphatic carbocycles. The van der Waals surface area contributed by atoms with Crippen molar-refractivity contribution in [2.24, 2.45) is 0 Å². The van der Waals surface area contributed by atoms with Gasteiger partial charge in [-0.05, 0) is 48.7 Å². The quantitative estimate of drug-likeness (QED) is 0.595. The van der Waals surface area contributed by atoms with Gasteiger partial charge in [-0.1, -0.05) is 24.3 Å². The molecule has 2 aromatic carbocycles. The summed E-state index contributed by atoms with van der Waals surface area (Å²) in [4.78, 5) is 21.9. The molecule has 1 atom stereocenters. The van der Waals surface area contributed by atoms with Crippen molar-refractivity contribution in [3.05, 3.63) is 71.9 Å². The van der Waals surface area contributed by atoms with Crippen LogP contribution in [0.3, 0.4) is 0 Å². The van der Waals surface area contributed by atoms with Crippen molar-refractivity contribution in [2.45, 2.75) is 25.5 Å². The molecule has 32 heavy (non-hydrogen) atoms. The molecule has 6 heteroatoms. The van der Waals surface area contributed by atoms with Gasteiger partial charge in [-0.3, -0.25) is 14.7 Å². The van der Waals surface area contributed by atoms with E-state index in [1.54, 1.807) is 0 Å². The highest BCUT2D eigenvalue weighted by Crippen LogP contribution is 2.20. The Bertz CT molecular complexity index is 1050. The number of amides is 1. The molecule has 2 aliphatic heterocycles. The Morgan fingerprint density at radius 3 is 2.62 bits per heavy atom. The fourth-order valence-corrected chi connectivity index (χ4v) is 4.49. The first-order valence-electron chi connectivity index (χ1n) is 11.4. The summed E-state index contributed by atoms with van der Waals surface area (Å²) in [5.74, 6) is 0.868. The second kappa shape index (κ2) is 9.67. The molecule has 2 fully saturated rings. The zero-order valence-electron chi connectivity index (χ0n) is 18.3. The number of nitrogens with zero attached hydrogens (tertiary/aromatic N) is 3. The van der Waals surface area contributed by atoms with Crippen LogP contribution in [0.1, 0.15) is 28.8 Å². The van der Waals surface area contributed by atoms with E-state index in [0.717, 1.165) is 63.4 Å². The largest absolute Gasteiger partial charge is 0.491 e. The number of hydrogen-bond donors (Lipinski definition) is 0. The van der Waals surface area contributed by atoms with Crippen LogP contribution in [-0.2, 0) is 11.3 Å². The molecule has 2 aliphatic rings. The van der Waals surface area contributed by atoms with Crippen molar-refractivity contribution in [3.63, 3.8) is 0 Å². The topological polar surface area (TPSA) is 54.9 Å². The van der Waals surface area contributed by atoms with Crippen LogP contribution in [0.5, 0.6) is 5.75 Å². The van der Waals surface area contributed by atoms with E-state index in [9.17, 15) is 4.79 Å². The first kappa shape index (κ1) is 20.9. The van der Waals surface area contributed by atoms with Crippen LogP contribution < -0.4 is 4.74 Å². The van der Waals surface area contributed by atoms with E-state index in [1.807, 2.05) is 41.4 Å². The first-order chi connectivity index (χ1) is 15.8. The molecule has 2 saturated heterocycles. The zero-order valence-corrected chi connectivity index (χ0v) is 18.3. The Hall–Kier alpha value is -2.96. The van der Waals surface area contributed by atoms with Gasteiger partial charge < -0.3 is 14.4 Å². The Morgan fingerprint density at radius 1 is 1.03 bits per heavy atom. The normalized spacial score (nSPS) is 19.4. The van der Waals surface area contributed by atoms with Gasteiger partial charge in [0, 0.05) is 56.5 Å². The van der Waals surface area contributed by atoms with Gasteiger partial charge in [0.05, 0.1) is 11.6 Å². The van der Waals surface area contributed by atoms with E-state index in [0.29, 0.717) is 12.2 Å². The van der Waals surface area contributed by atoms with Crippen LogP contribution >= 0.6 is 0 Å². The molecule has 3 aromatic rings. The average molecular weight is 432 g/mol. The van der Waals surface area contributed by atoms with E-state index < -0.39 is 0 Å². The molecule has 166 valence electrons. The first-order valence-corrected chi connectivity index (χ1v) is 11.4. The lowest BCUT2D eigenvalue weighted by molar-refractivity contribution is 0.0627. The standard InChI is InChI=1S/C26H29N3O3/c30-26(21-8-10-23(11-9-21)32-19-24-7-3-17-31-24)29-15-13-28(14-16-29)18-22-5-1-4-20-6-2-12-27-25(20)22/h1-2,4-6,8-12,24H,3,7,13-19H2/t24-/m1/s1. The number of hydrogen-bond acceptors (Lipinski definition) is 5. The van der Waals surface area contributed by atoms with E-state index in [2.05, 4.69) is 34.1 Å². The summed E-state index contributed by atoms with van der Waals surface area (Å²) in [7, 11) is 0. The van der Waals surface area contributed by atoms with Gasteiger partial charge in [0.15, 0.2) is 0 Å². The van der Waals surface area contributed by atoms with Crippen LogP contribution in [0.15, 0.2) is 60.8 Å². The van der Waals surface area contributed by atoms with E-state index in [4.69, 9.17) is 9.47 Å². The minimum atomic E-state index is 0.0853. The minimum Gasteiger partial charge on any atom is -0.491 e. The molecule has 0 radical (unpaired) electrons. The number of carbonyl (C=O) groups is 1. The number of aromatic nitrogens is 1. The Labute approximate surface area is 188 Å². The number of ether oxygens (including phenoxy) is 2. The van der Waals surface area contributed by atoms with E-state index >= 15 is 0 Å². The molecule has 0 bridgehead atoms. The van der Waals surface area contributed by atoms with Gasteiger partial charge in [-0.2, -0.15) is 0 Å². The predicted octanol–water partition coefficient (Wildman–Crippen LogP) is 3.75. The maximum Gasteiger partial charge on any atom is 0.253 e. The van der Waals surface area contributed by atoms with Crippen LogP contribution in [0.4, 0.5) is 0 Å². The molecule has 0 N–H and O–H groups in total. The summed E-state index contributed by atoms with van der Waals surface area (Å²) in [6.07, 6.45) is 4.20. The monoisotopic (exact) mass is 431 g/mol. The zero-order chi connectivity index (χ0) is 21.8. The van der Waals surface area contributed by atoms with Crippen molar-refractivity contribution < 1.29 is 14.3 Å². The molecule has 0 spiro atoms. The average Bonchev–Trinajstić information content (AvgIpc) is 3.37. The summed E-state index contributed by atoms with van der Waals surface area (Å²) in [5, 5.41) is 1.17. The fraction of sp³-hybridized carbons (Fsp3) is 0.385. The van der Waals surface area contributed by atoms with Gasteiger partial charge in [-0.15, -0.1) is 0 Å². The summed E-state index contributed by atoms with van der Waals surface area (Å²) in [6, 6.07) is 17.9. The molecule has 6 nitrogen and oxygen atoms in total. The molecular formula is C26H29N3O3. The van der Waals surface area contributed by atoms with Crippen molar-refractivity contribution in [2.75, 3.05) is 39.4 Å². The number of fused-ring (bicyclic) bond motifs is 1. The Morgan fingerprint density at radius 2 is 1.84 bits per heavy atom. The maximum atomic E-state index is 13.0. The second-order valence-electron chi connectivity index (χ2n) is 8.53. The summed E-state index contributed by atoms with van der Waals surface area (Å²) in [5.41, 5.74) is 3.01. The number of benzene rings is 2. The molecule has 3 heterocycles. The molecular weight excluding hydrogens is 402 g/mol. The number of piperazine rings is 1. The maximum absolute atomic E-state index is 13.0. The van der Waals surface area contributed by atoms with Crippen molar-refractivity contribution in [3.8, 4) is 5.75 Å². The number of para-hydroxylation sites is 1. The SMILES string of the molecule is O=C(c1ccc(OC[C@H]2CCCO2)cc1)N1CCN(Cc2cccc3cccnc23)CC1. The lowest BCUT2D eigenvalue weighted by atomic mass is 10.1. The van der Waals surface area contributed by atoms with Crippen molar-refractivity contribution in [1.82, 2.24) is 14.8 Å². The van der Waals surface area contributed by atoms with Gasteiger partial charge in [0.2, 0.25) is 0 Å². The third-order valence-electron chi connectivity index (χ3n) is 6.33. The molecule has 1 amide bonds. The number of rotatable bonds is 6. The fourth-order valence-electron chi connectivity index (χ4n) is 4.49. The third-order valence-corrected chi connectivity index (χ3v) is 6.33. The highest BCUT2D eigenvalue weighted by atomic mass is 16.5. The second-order valence-corrected chi connectivity index (χ2v) is 8.53. The minimum absolute atomic E-state index is 0.0853. The summed E-state index contributed by atoms with van der Waals surface area (Å²) >= 11 is 0. The number of pyridine rings is 1. The van der Waals surface area contributed by atoms with Crippen LogP contribution in [0, 0.1) is 0 Å².